The van der Waals surface area contributed by atoms with Crippen LogP contribution in [0.1, 0.15) is 63.4 Å². The number of fused-ring (bicyclic) bond motifs is 1. The summed E-state index contributed by atoms with van der Waals surface area (Å²) in [6.07, 6.45) is 2.18. The summed E-state index contributed by atoms with van der Waals surface area (Å²) in [4.78, 5) is 9.86. The summed E-state index contributed by atoms with van der Waals surface area (Å²) < 4.78 is 20.2. The smallest absolute Gasteiger partial charge is 0.222 e. The van der Waals surface area contributed by atoms with Crippen LogP contribution in [0, 0.1) is 13.8 Å². The van der Waals surface area contributed by atoms with E-state index in [1.54, 1.807) is 14.2 Å². The molecule has 3 rings (SSSR count). The Kier molecular flexibility index (Phi) is 8.14. The minimum atomic E-state index is -1.88. The van der Waals surface area contributed by atoms with Gasteiger partial charge in [0.25, 0.3) is 0 Å². The molecule has 3 heterocycles. The number of nitrogens with zero attached hydrogens (tertiary/aromatic N) is 3. The highest BCUT2D eigenvalue weighted by Crippen LogP contribution is 2.38. The molecule has 0 radical (unpaired) electrons. The van der Waals surface area contributed by atoms with E-state index < -0.39 is 8.32 Å². The Balaban J connectivity index is 2.06. The SMILES string of the molecule is COC[C@@H](CO[Si](C)(C)C(C)(C)C)n1cc(C)c2nc(-c3ccc(C(C)C)nc3OC)c(C)cc21. The molecular formula is C28H43N3O3Si. The molecule has 0 spiro atoms. The molecule has 35 heavy (non-hydrogen) atoms. The molecule has 3 aromatic rings. The van der Waals surface area contributed by atoms with Crippen LogP contribution in [0.25, 0.3) is 22.3 Å². The number of methoxy groups -OCH3 is 2. The number of rotatable bonds is 9. The zero-order valence-corrected chi connectivity index (χ0v) is 24.4. The van der Waals surface area contributed by atoms with E-state index in [4.69, 9.17) is 23.9 Å². The molecule has 3 aromatic heterocycles. The Bertz CT molecular complexity index is 1180. The maximum absolute atomic E-state index is 6.60. The first-order valence-electron chi connectivity index (χ1n) is 12.5. The average molecular weight is 498 g/mol. The number of aryl methyl sites for hydroxylation is 2. The van der Waals surface area contributed by atoms with Crippen LogP contribution in [0.2, 0.25) is 18.1 Å². The van der Waals surface area contributed by atoms with Crippen LogP contribution >= 0.6 is 0 Å². The van der Waals surface area contributed by atoms with Crippen LogP contribution in [0.15, 0.2) is 24.4 Å². The number of hydrogen-bond acceptors (Lipinski definition) is 5. The molecule has 0 bridgehead atoms. The molecule has 0 aliphatic rings. The molecule has 6 nitrogen and oxygen atoms in total. The number of aromatic nitrogens is 3. The highest BCUT2D eigenvalue weighted by Gasteiger charge is 2.37. The Morgan fingerprint density at radius 2 is 1.69 bits per heavy atom. The van der Waals surface area contributed by atoms with Crippen LogP contribution in [-0.4, -0.2) is 50.3 Å². The molecule has 0 aliphatic heterocycles. The summed E-state index contributed by atoms with van der Waals surface area (Å²) in [6, 6.07) is 6.43. The van der Waals surface area contributed by atoms with Gasteiger partial charge in [-0.1, -0.05) is 34.6 Å². The van der Waals surface area contributed by atoms with E-state index in [-0.39, 0.29) is 11.1 Å². The van der Waals surface area contributed by atoms with E-state index in [2.05, 4.69) is 90.5 Å². The lowest BCUT2D eigenvalue weighted by molar-refractivity contribution is 0.119. The maximum atomic E-state index is 6.60. The van der Waals surface area contributed by atoms with Crippen molar-refractivity contribution in [3.63, 3.8) is 0 Å². The second-order valence-corrected chi connectivity index (χ2v) is 16.2. The van der Waals surface area contributed by atoms with E-state index >= 15 is 0 Å². The van der Waals surface area contributed by atoms with Gasteiger partial charge >= 0.3 is 0 Å². The molecule has 0 saturated carbocycles. The largest absolute Gasteiger partial charge is 0.480 e. The van der Waals surface area contributed by atoms with Gasteiger partial charge in [-0.2, -0.15) is 0 Å². The summed E-state index contributed by atoms with van der Waals surface area (Å²) in [7, 11) is 1.54. The molecule has 0 unspecified atom stereocenters. The van der Waals surface area contributed by atoms with Crippen molar-refractivity contribution in [3.8, 4) is 17.1 Å². The van der Waals surface area contributed by atoms with Crippen molar-refractivity contribution in [1.82, 2.24) is 14.5 Å². The summed E-state index contributed by atoms with van der Waals surface area (Å²) in [5.74, 6) is 0.945. The minimum absolute atomic E-state index is 0.0684. The zero-order valence-electron chi connectivity index (χ0n) is 23.4. The molecule has 0 aromatic carbocycles. The molecule has 192 valence electrons. The first-order valence-corrected chi connectivity index (χ1v) is 15.4. The van der Waals surface area contributed by atoms with Gasteiger partial charge in [-0.25, -0.2) is 9.97 Å². The molecule has 0 saturated heterocycles. The van der Waals surface area contributed by atoms with Crippen molar-refractivity contribution >= 4 is 19.4 Å². The fourth-order valence-electron chi connectivity index (χ4n) is 4.03. The van der Waals surface area contributed by atoms with Gasteiger partial charge in [-0.05, 0) is 67.2 Å². The molecule has 0 N–H and O–H groups in total. The summed E-state index contributed by atoms with van der Waals surface area (Å²) >= 11 is 0. The van der Waals surface area contributed by atoms with Gasteiger partial charge in [0.05, 0.1) is 48.7 Å². The highest BCUT2D eigenvalue weighted by molar-refractivity contribution is 6.74. The fraction of sp³-hybridized carbons (Fsp3) is 0.571. The quantitative estimate of drug-likeness (QED) is 0.296. The van der Waals surface area contributed by atoms with Crippen molar-refractivity contribution < 1.29 is 13.9 Å². The third-order valence-electron chi connectivity index (χ3n) is 7.29. The molecule has 7 heteroatoms. The van der Waals surface area contributed by atoms with E-state index in [9.17, 15) is 0 Å². The molecule has 1 atom stereocenters. The van der Waals surface area contributed by atoms with Crippen LogP contribution in [0.5, 0.6) is 5.88 Å². The second-order valence-electron chi connectivity index (χ2n) is 11.4. The van der Waals surface area contributed by atoms with E-state index in [1.165, 1.54) is 0 Å². The van der Waals surface area contributed by atoms with Crippen LogP contribution < -0.4 is 4.74 Å². The van der Waals surface area contributed by atoms with Crippen molar-refractivity contribution in [1.29, 1.82) is 0 Å². The predicted octanol–water partition coefficient (Wildman–Crippen LogP) is 7.06. The standard InChI is InChI=1S/C28H43N3O3Si/c1-18(2)23-13-12-22(27(29-23)33-9)25-19(3)14-24-26(30-25)20(4)15-31(24)21(16-32-8)17-34-35(10,11)28(5,6)7/h12-15,18,21H,16-17H2,1-11H3/t21-/m0/s1. The lowest BCUT2D eigenvalue weighted by Crippen LogP contribution is -2.42. The van der Waals surface area contributed by atoms with E-state index in [0.717, 1.165) is 39.1 Å². The summed E-state index contributed by atoms with van der Waals surface area (Å²) in [5.41, 5.74) is 7.10. The third kappa shape index (κ3) is 5.62. The van der Waals surface area contributed by atoms with Crippen LogP contribution in [-0.2, 0) is 9.16 Å². The summed E-state index contributed by atoms with van der Waals surface area (Å²) in [6.45, 7) is 21.1. The third-order valence-corrected chi connectivity index (χ3v) is 11.8. The average Bonchev–Trinajstić information content (AvgIpc) is 3.09. The van der Waals surface area contributed by atoms with Gasteiger partial charge < -0.3 is 18.5 Å². The second kappa shape index (κ2) is 10.4. The molecule has 0 amide bonds. The number of hydrogen-bond donors (Lipinski definition) is 0. The Morgan fingerprint density at radius 1 is 1.00 bits per heavy atom. The zero-order chi connectivity index (χ0) is 26.1. The van der Waals surface area contributed by atoms with Gasteiger partial charge in [0.2, 0.25) is 5.88 Å². The number of pyridine rings is 2. The van der Waals surface area contributed by atoms with Crippen molar-refractivity contribution in [2.24, 2.45) is 0 Å². The predicted molar refractivity (Wildman–Crippen MR) is 147 cm³/mol. The maximum Gasteiger partial charge on any atom is 0.222 e. The lowest BCUT2D eigenvalue weighted by Gasteiger charge is -2.37. The van der Waals surface area contributed by atoms with Gasteiger partial charge in [0, 0.05) is 19.0 Å². The topological polar surface area (TPSA) is 58.4 Å². The van der Waals surface area contributed by atoms with Gasteiger partial charge in [-0.15, -0.1) is 0 Å². The minimum Gasteiger partial charge on any atom is -0.480 e. The van der Waals surface area contributed by atoms with Gasteiger partial charge in [-0.3, -0.25) is 0 Å². The molecule has 0 aliphatic carbocycles. The van der Waals surface area contributed by atoms with Crippen LogP contribution in [0.4, 0.5) is 0 Å². The highest BCUT2D eigenvalue weighted by atomic mass is 28.4. The Hall–Kier alpha value is -2.22. The van der Waals surface area contributed by atoms with E-state index in [0.29, 0.717) is 25.0 Å². The summed E-state index contributed by atoms with van der Waals surface area (Å²) in [5, 5.41) is 0.157. The fourth-order valence-corrected chi connectivity index (χ4v) is 5.08. The van der Waals surface area contributed by atoms with Crippen LogP contribution in [0.3, 0.4) is 0 Å². The Labute approximate surface area is 212 Å². The molecular weight excluding hydrogens is 454 g/mol. The Morgan fingerprint density at radius 3 is 2.26 bits per heavy atom. The van der Waals surface area contributed by atoms with E-state index in [1.807, 2.05) is 0 Å². The van der Waals surface area contributed by atoms with Crippen molar-refractivity contribution in [3.05, 3.63) is 41.2 Å². The van der Waals surface area contributed by atoms with Gasteiger partial charge in [0.1, 0.15) is 0 Å². The normalized spacial score (nSPS) is 13.6. The van der Waals surface area contributed by atoms with Crippen molar-refractivity contribution in [2.45, 2.75) is 78.6 Å². The first kappa shape index (κ1) is 27.4. The molecule has 0 fully saturated rings. The number of ether oxygens (including phenoxy) is 2. The van der Waals surface area contributed by atoms with Crippen molar-refractivity contribution in [2.75, 3.05) is 27.4 Å². The monoisotopic (exact) mass is 497 g/mol. The van der Waals surface area contributed by atoms with Gasteiger partial charge in [0.15, 0.2) is 8.32 Å². The first-order chi connectivity index (χ1) is 16.3. The lowest BCUT2D eigenvalue weighted by atomic mass is 10.0.